The van der Waals surface area contributed by atoms with Crippen molar-refractivity contribution in [3.8, 4) is 11.8 Å². The Morgan fingerprint density at radius 1 is 0.966 bits per heavy atom. The van der Waals surface area contributed by atoms with Gasteiger partial charge in [0.05, 0.1) is 6.10 Å². The van der Waals surface area contributed by atoms with E-state index in [2.05, 4.69) is 31.8 Å². The van der Waals surface area contributed by atoms with Gasteiger partial charge in [0.15, 0.2) is 0 Å². The van der Waals surface area contributed by atoms with Gasteiger partial charge in [-0.15, -0.1) is 0 Å². The third kappa shape index (κ3) is 2.85. The molecule has 1 aromatic rings. The maximum Gasteiger partial charge on any atom is 0.131 e. The number of aliphatic hydroxyl groups excluding tert-OH is 1. The van der Waals surface area contributed by atoms with Crippen LogP contribution < -0.4 is 0 Å². The molecular formula is C27H34O2. The molecule has 154 valence electrons. The quantitative estimate of drug-likeness (QED) is 0.478. The average Bonchev–Trinajstić information content (AvgIpc) is 2.99. The standard InChI is InChI=1S/C27H34O2/c1-25-14-11-21(28)18-20(25)8-9-22-23(25)12-15-26(2)24(22)13-17-27(26,29)16-10-19-6-4-3-5-7-19/h3-8,21-24,28-29H,9,11-15,17-18H2,1-2H3/t21-,22+,23-,24+,25+,26+,27-/m0/s1. The van der Waals surface area contributed by atoms with E-state index in [9.17, 15) is 10.2 Å². The van der Waals surface area contributed by atoms with E-state index in [0.29, 0.717) is 17.8 Å². The molecule has 0 heterocycles. The molecule has 0 amide bonds. The van der Waals surface area contributed by atoms with Crippen LogP contribution in [0.5, 0.6) is 0 Å². The summed E-state index contributed by atoms with van der Waals surface area (Å²) >= 11 is 0. The summed E-state index contributed by atoms with van der Waals surface area (Å²) in [7, 11) is 0. The zero-order valence-electron chi connectivity index (χ0n) is 17.8. The Balaban J connectivity index is 1.45. The molecule has 2 heteroatoms. The van der Waals surface area contributed by atoms with Gasteiger partial charge in [0.1, 0.15) is 5.60 Å². The average molecular weight is 391 g/mol. The van der Waals surface area contributed by atoms with E-state index in [4.69, 9.17) is 0 Å². The first-order valence-corrected chi connectivity index (χ1v) is 11.5. The van der Waals surface area contributed by atoms with Crippen LogP contribution in [0.2, 0.25) is 0 Å². The molecule has 0 spiro atoms. The molecule has 0 radical (unpaired) electrons. The summed E-state index contributed by atoms with van der Waals surface area (Å²) in [5, 5.41) is 21.9. The van der Waals surface area contributed by atoms with E-state index in [1.807, 2.05) is 30.3 Å². The fraction of sp³-hybridized carbons (Fsp3) is 0.630. The van der Waals surface area contributed by atoms with Gasteiger partial charge in [-0.05, 0) is 86.7 Å². The van der Waals surface area contributed by atoms with Crippen molar-refractivity contribution in [2.75, 3.05) is 0 Å². The van der Waals surface area contributed by atoms with Crippen LogP contribution >= 0.6 is 0 Å². The third-order valence-corrected chi connectivity index (χ3v) is 9.42. The highest BCUT2D eigenvalue weighted by atomic mass is 16.3. The Morgan fingerprint density at radius 3 is 2.52 bits per heavy atom. The van der Waals surface area contributed by atoms with Crippen molar-refractivity contribution >= 4 is 0 Å². The van der Waals surface area contributed by atoms with Crippen LogP contribution in [0.3, 0.4) is 0 Å². The molecule has 0 unspecified atom stereocenters. The molecule has 4 aliphatic rings. The number of hydrogen-bond donors (Lipinski definition) is 2. The first-order valence-electron chi connectivity index (χ1n) is 11.5. The van der Waals surface area contributed by atoms with Crippen LogP contribution in [0.25, 0.3) is 0 Å². The Kier molecular flexibility index (Phi) is 4.50. The fourth-order valence-corrected chi connectivity index (χ4v) is 7.56. The molecule has 3 saturated carbocycles. The molecule has 1 aromatic carbocycles. The van der Waals surface area contributed by atoms with Crippen LogP contribution in [0, 0.1) is 40.4 Å². The van der Waals surface area contributed by atoms with Crippen molar-refractivity contribution in [1.82, 2.24) is 0 Å². The zero-order valence-corrected chi connectivity index (χ0v) is 17.8. The molecule has 0 bridgehead atoms. The monoisotopic (exact) mass is 390 g/mol. The lowest BCUT2D eigenvalue weighted by Gasteiger charge is -2.58. The van der Waals surface area contributed by atoms with Crippen molar-refractivity contribution in [2.45, 2.75) is 76.9 Å². The van der Waals surface area contributed by atoms with Gasteiger partial charge in [0.2, 0.25) is 0 Å². The van der Waals surface area contributed by atoms with E-state index in [1.54, 1.807) is 0 Å². The summed E-state index contributed by atoms with van der Waals surface area (Å²) in [6, 6.07) is 10.1. The van der Waals surface area contributed by atoms with Crippen LogP contribution in [-0.4, -0.2) is 21.9 Å². The molecule has 0 saturated heterocycles. The van der Waals surface area contributed by atoms with Gasteiger partial charge in [-0.2, -0.15) is 0 Å². The van der Waals surface area contributed by atoms with E-state index >= 15 is 0 Å². The molecule has 3 fully saturated rings. The van der Waals surface area contributed by atoms with Crippen LogP contribution in [0.4, 0.5) is 0 Å². The second-order valence-corrected chi connectivity index (χ2v) is 10.6. The molecule has 29 heavy (non-hydrogen) atoms. The van der Waals surface area contributed by atoms with Crippen molar-refractivity contribution in [3.63, 3.8) is 0 Å². The molecule has 4 aliphatic carbocycles. The zero-order chi connectivity index (χ0) is 20.3. The van der Waals surface area contributed by atoms with Crippen molar-refractivity contribution in [2.24, 2.45) is 28.6 Å². The number of aliphatic hydroxyl groups is 2. The largest absolute Gasteiger partial charge is 0.393 e. The van der Waals surface area contributed by atoms with E-state index in [-0.39, 0.29) is 16.9 Å². The number of hydrogen-bond acceptors (Lipinski definition) is 2. The van der Waals surface area contributed by atoms with Gasteiger partial charge in [-0.1, -0.05) is 55.5 Å². The number of rotatable bonds is 0. The van der Waals surface area contributed by atoms with E-state index in [0.717, 1.165) is 50.5 Å². The number of allylic oxidation sites excluding steroid dienone is 1. The maximum absolute atomic E-state index is 11.7. The Labute approximate surface area is 175 Å². The molecule has 2 nitrogen and oxygen atoms in total. The van der Waals surface area contributed by atoms with E-state index in [1.165, 1.54) is 12.0 Å². The molecule has 7 atom stereocenters. The SMILES string of the molecule is C[C@@]12CC[C@H](O)CC1=CC[C@H]1[C@H]3CC[C@@](O)(C#Cc4ccccc4)[C@]3(C)CC[C@@H]12. The van der Waals surface area contributed by atoms with E-state index < -0.39 is 5.60 Å². The van der Waals surface area contributed by atoms with Gasteiger partial charge in [-0.25, -0.2) is 0 Å². The lowest BCUT2D eigenvalue weighted by molar-refractivity contribution is -0.0970. The minimum Gasteiger partial charge on any atom is -0.393 e. The summed E-state index contributed by atoms with van der Waals surface area (Å²) in [5.74, 6) is 8.49. The smallest absolute Gasteiger partial charge is 0.131 e. The molecular weight excluding hydrogens is 356 g/mol. The van der Waals surface area contributed by atoms with Gasteiger partial charge in [-0.3, -0.25) is 0 Å². The topological polar surface area (TPSA) is 40.5 Å². The Hall–Kier alpha value is -1.56. The highest BCUT2D eigenvalue weighted by molar-refractivity contribution is 5.38. The van der Waals surface area contributed by atoms with Crippen LogP contribution in [-0.2, 0) is 0 Å². The van der Waals surface area contributed by atoms with Gasteiger partial charge < -0.3 is 10.2 Å². The normalized spacial score (nSPS) is 45.9. The summed E-state index contributed by atoms with van der Waals surface area (Å²) in [4.78, 5) is 0. The summed E-state index contributed by atoms with van der Waals surface area (Å²) in [6.45, 7) is 4.77. The molecule has 0 aromatic heterocycles. The third-order valence-electron chi connectivity index (χ3n) is 9.42. The lowest BCUT2D eigenvalue weighted by atomic mass is 9.47. The second kappa shape index (κ2) is 6.73. The van der Waals surface area contributed by atoms with Crippen molar-refractivity contribution in [3.05, 3.63) is 47.5 Å². The minimum atomic E-state index is -0.883. The predicted octanol–water partition coefficient (Wildman–Crippen LogP) is 5.09. The molecule has 0 aliphatic heterocycles. The fourth-order valence-electron chi connectivity index (χ4n) is 7.56. The molecule has 5 rings (SSSR count). The highest BCUT2D eigenvalue weighted by Gasteiger charge is 2.63. The Bertz CT molecular complexity index is 877. The van der Waals surface area contributed by atoms with Gasteiger partial charge in [0, 0.05) is 11.0 Å². The first kappa shape index (κ1) is 19.4. The highest BCUT2D eigenvalue weighted by Crippen LogP contribution is 2.67. The first-order chi connectivity index (χ1) is 13.9. The van der Waals surface area contributed by atoms with Crippen LogP contribution in [0.1, 0.15) is 70.8 Å². The minimum absolute atomic E-state index is 0.119. The maximum atomic E-state index is 11.7. The van der Waals surface area contributed by atoms with Crippen LogP contribution in [0.15, 0.2) is 42.0 Å². The van der Waals surface area contributed by atoms with Gasteiger partial charge >= 0.3 is 0 Å². The van der Waals surface area contributed by atoms with Gasteiger partial charge in [0.25, 0.3) is 0 Å². The van der Waals surface area contributed by atoms with Crippen molar-refractivity contribution < 1.29 is 10.2 Å². The van der Waals surface area contributed by atoms with Crippen molar-refractivity contribution in [1.29, 1.82) is 0 Å². The molecule has 2 N–H and O–H groups in total. The summed E-state index contributed by atoms with van der Waals surface area (Å²) in [5.41, 5.74) is 1.75. The summed E-state index contributed by atoms with van der Waals surface area (Å²) in [6.07, 6.45) is 10.5. The number of benzene rings is 1. The lowest BCUT2D eigenvalue weighted by Crippen LogP contribution is -2.54. The second-order valence-electron chi connectivity index (χ2n) is 10.6. The predicted molar refractivity (Wildman–Crippen MR) is 116 cm³/mol. The Morgan fingerprint density at radius 2 is 1.72 bits per heavy atom. The summed E-state index contributed by atoms with van der Waals surface area (Å²) < 4.78 is 0. The number of fused-ring (bicyclic) bond motifs is 5.